The number of halogens is 1. The number of sulfone groups is 1. The first-order valence-corrected chi connectivity index (χ1v) is 8.24. The zero-order chi connectivity index (χ0) is 12.6. The second kappa shape index (κ2) is 4.61. The number of hydrogen-bond donors (Lipinski definition) is 1. The van der Waals surface area contributed by atoms with Gasteiger partial charge in [-0.2, -0.15) is 0 Å². The van der Waals surface area contributed by atoms with Crippen LogP contribution in [0.4, 0.5) is 0 Å². The Balaban J connectivity index is 2.17. The topological polar surface area (TPSA) is 71.9 Å². The van der Waals surface area contributed by atoms with Crippen molar-refractivity contribution in [2.45, 2.75) is 32.2 Å². The Kier molecular flexibility index (Phi) is 3.49. The molecule has 0 aliphatic heterocycles. The van der Waals surface area contributed by atoms with Crippen molar-refractivity contribution in [2.75, 3.05) is 11.5 Å². The molecule has 1 aromatic rings. The normalized spacial score (nSPS) is 16.4. The summed E-state index contributed by atoms with van der Waals surface area (Å²) >= 11 is 3.27. The average Bonchev–Trinajstić information content (AvgIpc) is 3.08. The summed E-state index contributed by atoms with van der Waals surface area (Å²) in [6, 6.07) is 0. The van der Waals surface area contributed by atoms with E-state index in [0.29, 0.717) is 10.4 Å². The standard InChI is InChI=1S/C10H15BrN2O3S/c1-2-17(15,16)6-5-13-10(14)8(11)9(12-13)7-3-4-7/h7,12H,2-6H2,1H3. The van der Waals surface area contributed by atoms with E-state index in [2.05, 4.69) is 21.0 Å². The molecule has 17 heavy (non-hydrogen) atoms. The predicted molar refractivity (Wildman–Crippen MR) is 69.1 cm³/mol. The van der Waals surface area contributed by atoms with Gasteiger partial charge in [-0.15, -0.1) is 0 Å². The van der Waals surface area contributed by atoms with E-state index in [1.165, 1.54) is 4.68 Å². The quantitative estimate of drug-likeness (QED) is 0.886. The van der Waals surface area contributed by atoms with Crippen LogP contribution in [0.15, 0.2) is 9.27 Å². The molecule has 0 spiro atoms. The maximum absolute atomic E-state index is 11.8. The second-order valence-electron chi connectivity index (χ2n) is 4.31. The summed E-state index contributed by atoms with van der Waals surface area (Å²) in [5.41, 5.74) is 0.738. The van der Waals surface area contributed by atoms with Gasteiger partial charge in [0, 0.05) is 11.7 Å². The third-order valence-electron chi connectivity index (χ3n) is 2.98. The predicted octanol–water partition coefficient (Wildman–Crippen LogP) is 1.25. The fourth-order valence-electron chi connectivity index (χ4n) is 1.65. The average molecular weight is 323 g/mol. The lowest BCUT2D eigenvalue weighted by atomic mass is 10.3. The van der Waals surface area contributed by atoms with E-state index in [4.69, 9.17) is 0 Å². The molecule has 96 valence electrons. The van der Waals surface area contributed by atoms with E-state index < -0.39 is 9.84 Å². The Morgan fingerprint density at radius 2 is 2.12 bits per heavy atom. The maximum atomic E-state index is 11.8. The van der Waals surface area contributed by atoms with Crippen LogP contribution in [0.5, 0.6) is 0 Å². The highest BCUT2D eigenvalue weighted by Crippen LogP contribution is 2.41. The molecule has 0 amide bonds. The Labute approximate surface area is 108 Å². The molecule has 1 aliphatic rings. The fourth-order valence-corrected chi connectivity index (χ4v) is 3.03. The molecule has 5 nitrogen and oxygen atoms in total. The lowest BCUT2D eigenvalue weighted by Gasteiger charge is -2.02. The zero-order valence-corrected chi connectivity index (χ0v) is 12.0. The minimum Gasteiger partial charge on any atom is -0.298 e. The van der Waals surface area contributed by atoms with Crippen LogP contribution >= 0.6 is 15.9 Å². The minimum atomic E-state index is -3.04. The van der Waals surface area contributed by atoms with Crippen molar-refractivity contribution in [3.05, 3.63) is 20.5 Å². The fraction of sp³-hybridized carbons (Fsp3) is 0.700. The van der Waals surface area contributed by atoms with Gasteiger partial charge in [0.2, 0.25) is 0 Å². The molecule has 1 fully saturated rings. The van der Waals surface area contributed by atoms with Gasteiger partial charge in [0.25, 0.3) is 5.56 Å². The van der Waals surface area contributed by atoms with Crippen molar-refractivity contribution < 1.29 is 8.42 Å². The molecule has 0 bridgehead atoms. The maximum Gasteiger partial charge on any atom is 0.281 e. The molecular formula is C10H15BrN2O3S. The third-order valence-corrected chi connectivity index (χ3v) is 5.43. The Morgan fingerprint density at radius 3 is 2.65 bits per heavy atom. The van der Waals surface area contributed by atoms with Gasteiger partial charge in [0.15, 0.2) is 9.84 Å². The lowest BCUT2D eigenvalue weighted by molar-refractivity contribution is 0.575. The molecule has 1 aromatic heterocycles. The lowest BCUT2D eigenvalue weighted by Crippen LogP contribution is -2.23. The van der Waals surface area contributed by atoms with Crippen LogP contribution < -0.4 is 5.56 Å². The number of hydrogen-bond acceptors (Lipinski definition) is 3. The van der Waals surface area contributed by atoms with Gasteiger partial charge in [0.1, 0.15) is 4.47 Å². The second-order valence-corrected chi connectivity index (χ2v) is 7.57. The smallest absolute Gasteiger partial charge is 0.281 e. The molecule has 0 saturated heterocycles. The monoisotopic (exact) mass is 322 g/mol. The summed E-state index contributed by atoms with van der Waals surface area (Å²) in [6.07, 6.45) is 2.18. The molecule has 1 saturated carbocycles. The molecule has 7 heteroatoms. The van der Waals surface area contributed by atoms with Crippen molar-refractivity contribution in [3.63, 3.8) is 0 Å². The van der Waals surface area contributed by atoms with Gasteiger partial charge < -0.3 is 0 Å². The molecule has 0 aromatic carbocycles. The Hall–Kier alpha value is -0.560. The van der Waals surface area contributed by atoms with Crippen molar-refractivity contribution in [1.82, 2.24) is 9.78 Å². The SMILES string of the molecule is CCS(=O)(=O)CCn1[nH]c(C2CC2)c(Br)c1=O. The molecular weight excluding hydrogens is 308 g/mol. The van der Waals surface area contributed by atoms with Gasteiger partial charge in [-0.1, -0.05) is 6.92 Å². The van der Waals surface area contributed by atoms with Crippen molar-refractivity contribution in [1.29, 1.82) is 0 Å². The van der Waals surface area contributed by atoms with Crippen LogP contribution in [0, 0.1) is 0 Å². The van der Waals surface area contributed by atoms with E-state index in [0.717, 1.165) is 18.5 Å². The number of aromatic nitrogens is 2. The number of rotatable bonds is 5. The van der Waals surface area contributed by atoms with E-state index in [-0.39, 0.29) is 23.6 Å². The van der Waals surface area contributed by atoms with E-state index >= 15 is 0 Å². The highest BCUT2D eigenvalue weighted by Gasteiger charge is 2.29. The van der Waals surface area contributed by atoms with Crippen LogP contribution in [-0.4, -0.2) is 29.7 Å². The van der Waals surface area contributed by atoms with E-state index in [9.17, 15) is 13.2 Å². The molecule has 0 radical (unpaired) electrons. The van der Waals surface area contributed by atoms with Gasteiger partial charge in [-0.25, -0.2) is 8.42 Å². The summed E-state index contributed by atoms with van der Waals surface area (Å²) < 4.78 is 24.7. The summed E-state index contributed by atoms with van der Waals surface area (Å²) in [4.78, 5) is 11.8. The van der Waals surface area contributed by atoms with E-state index in [1.54, 1.807) is 6.92 Å². The largest absolute Gasteiger partial charge is 0.298 e. The Morgan fingerprint density at radius 1 is 1.47 bits per heavy atom. The first kappa shape index (κ1) is 12.9. The number of H-pyrrole nitrogens is 1. The number of nitrogens with zero attached hydrogens (tertiary/aromatic N) is 1. The van der Waals surface area contributed by atoms with Crippen molar-refractivity contribution in [2.24, 2.45) is 0 Å². The van der Waals surface area contributed by atoms with E-state index in [1.807, 2.05) is 0 Å². The molecule has 1 heterocycles. The van der Waals surface area contributed by atoms with Gasteiger partial charge in [-0.05, 0) is 28.8 Å². The molecule has 1 aliphatic carbocycles. The summed E-state index contributed by atoms with van der Waals surface area (Å²) in [6.45, 7) is 1.80. The molecule has 2 rings (SSSR count). The Bertz CT molecular complexity index is 569. The van der Waals surface area contributed by atoms with Crippen molar-refractivity contribution in [3.8, 4) is 0 Å². The van der Waals surface area contributed by atoms with Crippen molar-refractivity contribution >= 4 is 25.8 Å². The highest BCUT2D eigenvalue weighted by molar-refractivity contribution is 9.10. The highest BCUT2D eigenvalue weighted by atomic mass is 79.9. The van der Waals surface area contributed by atoms with Gasteiger partial charge in [-0.3, -0.25) is 14.6 Å². The minimum absolute atomic E-state index is 0.000463. The van der Waals surface area contributed by atoms with Crippen LogP contribution in [0.1, 0.15) is 31.4 Å². The molecule has 0 unspecified atom stereocenters. The summed E-state index contributed by atoms with van der Waals surface area (Å²) in [5, 5.41) is 3.00. The first-order valence-electron chi connectivity index (χ1n) is 5.63. The van der Waals surface area contributed by atoms with Gasteiger partial charge >= 0.3 is 0 Å². The molecule has 0 atom stereocenters. The van der Waals surface area contributed by atoms with Crippen LogP contribution in [0.25, 0.3) is 0 Å². The summed E-state index contributed by atoms with van der Waals surface area (Å²) in [7, 11) is -3.04. The summed E-state index contributed by atoms with van der Waals surface area (Å²) in [5.74, 6) is 0.542. The number of aryl methyl sites for hydroxylation is 1. The van der Waals surface area contributed by atoms with Crippen LogP contribution in [-0.2, 0) is 16.4 Å². The number of aromatic amines is 1. The first-order chi connectivity index (χ1) is 7.94. The zero-order valence-electron chi connectivity index (χ0n) is 9.57. The molecule has 1 N–H and O–H groups in total. The van der Waals surface area contributed by atoms with Crippen LogP contribution in [0.2, 0.25) is 0 Å². The van der Waals surface area contributed by atoms with Gasteiger partial charge in [0.05, 0.1) is 18.0 Å². The number of nitrogens with one attached hydrogen (secondary N) is 1. The van der Waals surface area contributed by atoms with Crippen LogP contribution in [0.3, 0.4) is 0 Å². The third kappa shape index (κ3) is 2.82.